The molecule has 4 heteroatoms. The Morgan fingerprint density at radius 2 is 2.16 bits per heavy atom. The van der Waals surface area contributed by atoms with Crippen LogP contribution in [-0.4, -0.2) is 30.7 Å². The molecular weight excluding hydrogens is 240 g/mol. The van der Waals surface area contributed by atoms with Gasteiger partial charge in [-0.05, 0) is 43.4 Å². The van der Waals surface area contributed by atoms with Crippen LogP contribution in [0.5, 0.6) is 0 Å². The van der Waals surface area contributed by atoms with Crippen LogP contribution in [0.15, 0.2) is 0 Å². The molecule has 4 fully saturated rings. The second kappa shape index (κ2) is 4.45. The first kappa shape index (κ1) is 12.2. The van der Waals surface area contributed by atoms with Crippen LogP contribution in [0.25, 0.3) is 0 Å². The molecule has 1 heterocycles. The van der Waals surface area contributed by atoms with Gasteiger partial charge in [0.2, 0.25) is 5.91 Å². The van der Waals surface area contributed by atoms with Crippen LogP contribution in [0.1, 0.15) is 38.5 Å². The smallest absolute Gasteiger partial charge is 0.220 e. The first-order chi connectivity index (χ1) is 9.22. The number of hydrogen-bond acceptors (Lipinski definition) is 3. The summed E-state index contributed by atoms with van der Waals surface area (Å²) in [6.45, 7) is 0.807. The second-order valence-corrected chi connectivity index (χ2v) is 7.10. The summed E-state index contributed by atoms with van der Waals surface area (Å²) in [5.74, 6) is 3.05. The predicted octanol–water partition coefficient (Wildman–Crippen LogP) is 1.04. The fourth-order valence-corrected chi connectivity index (χ4v) is 5.04. The molecule has 1 amide bonds. The van der Waals surface area contributed by atoms with Crippen LogP contribution in [0.2, 0.25) is 0 Å². The van der Waals surface area contributed by atoms with E-state index in [9.17, 15) is 4.79 Å². The minimum absolute atomic E-state index is 0.0681. The standard InChI is InChI=1S/C15H24N2O2/c16-13-11-3-4-19-15(11)14(13)17-12(18)7-10-6-8-1-2-9(10)5-8/h8-11,13-15H,1-7,16H2,(H,17,18). The maximum atomic E-state index is 12.2. The van der Waals surface area contributed by atoms with Crippen molar-refractivity contribution in [2.24, 2.45) is 29.4 Å². The summed E-state index contributed by atoms with van der Waals surface area (Å²) in [4.78, 5) is 12.2. The normalized spacial score (nSPS) is 50.9. The quantitative estimate of drug-likeness (QED) is 0.800. The average molecular weight is 264 g/mol. The Morgan fingerprint density at radius 3 is 2.89 bits per heavy atom. The van der Waals surface area contributed by atoms with Gasteiger partial charge in [0.05, 0.1) is 12.1 Å². The zero-order valence-corrected chi connectivity index (χ0v) is 11.4. The third-order valence-electron chi connectivity index (χ3n) is 6.11. The van der Waals surface area contributed by atoms with Crippen molar-refractivity contribution in [3.8, 4) is 0 Å². The zero-order valence-electron chi connectivity index (χ0n) is 11.4. The van der Waals surface area contributed by atoms with Gasteiger partial charge in [-0.1, -0.05) is 6.42 Å². The van der Waals surface area contributed by atoms with E-state index in [-0.39, 0.29) is 24.1 Å². The molecule has 4 rings (SSSR count). The molecule has 1 saturated heterocycles. The number of carbonyl (C=O) groups is 1. The van der Waals surface area contributed by atoms with Crippen molar-refractivity contribution in [3.05, 3.63) is 0 Å². The second-order valence-electron chi connectivity index (χ2n) is 7.10. The van der Waals surface area contributed by atoms with Gasteiger partial charge < -0.3 is 15.8 Å². The molecule has 0 aromatic carbocycles. The molecule has 0 radical (unpaired) electrons. The maximum absolute atomic E-state index is 12.2. The lowest BCUT2D eigenvalue weighted by Gasteiger charge is -2.45. The molecule has 4 nitrogen and oxygen atoms in total. The van der Waals surface area contributed by atoms with Gasteiger partial charge in [-0.2, -0.15) is 0 Å². The minimum Gasteiger partial charge on any atom is -0.376 e. The fourth-order valence-electron chi connectivity index (χ4n) is 5.04. The molecule has 0 aromatic rings. The molecule has 0 spiro atoms. The highest BCUT2D eigenvalue weighted by Gasteiger charge is 2.52. The molecule has 106 valence electrons. The molecule has 7 unspecified atom stereocenters. The van der Waals surface area contributed by atoms with Gasteiger partial charge in [-0.25, -0.2) is 0 Å². The average Bonchev–Trinajstić information content (AvgIpc) is 3.10. The highest BCUT2D eigenvalue weighted by atomic mass is 16.5. The highest BCUT2D eigenvalue weighted by molar-refractivity contribution is 5.77. The van der Waals surface area contributed by atoms with Crippen molar-refractivity contribution in [1.82, 2.24) is 5.32 Å². The van der Waals surface area contributed by atoms with Crippen molar-refractivity contribution in [2.45, 2.75) is 56.7 Å². The number of fused-ring (bicyclic) bond motifs is 3. The van der Waals surface area contributed by atoms with Crippen molar-refractivity contribution < 1.29 is 9.53 Å². The van der Waals surface area contributed by atoms with Crippen LogP contribution < -0.4 is 11.1 Å². The number of nitrogens with one attached hydrogen (secondary N) is 1. The number of carbonyl (C=O) groups excluding carboxylic acids is 1. The number of rotatable bonds is 3. The lowest BCUT2D eigenvalue weighted by atomic mass is 9.72. The lowest BCUT2D eigenvalue weighted by molar-refractivity contribution is -0.127. The first-order valence-electron chi connectivity index (χ1n) is 7.89. The SMILES string of the molecule is NC1C2CCOC2C1NC(=O)CC1CC2CCC1C2. The van der Waals surface area contributed by atoms with Crippen LogP contribution in [0.4, 0.5) is 0 Å². The first-order valence-corrected chi connectivity index (χ1v) is 7.89. The summed E-state index contributed by atoms with van der Waals surface area (Å²) in [7, 11) is 0. The maximum Gasteiger partial charge on any atom is 0.220 e. The van der Waals surface area contributed by atoms with Gasteiger partial charge in [0.25, 0.3) is 0 Å². The van der Waals surface area contributed by atoms with Gasteiger partial charge in [-0.15, -0.1) is 0 Å². The zero-order chi connectivity index (χ0) is 13.0. The molecule has 2 bridgehead atoms. The van der Waals surface area contributed by atoms with Crippen LogP contribution >= 0.6 is 0 Å². The Labute approximate surface area is 114 Å². The largest absolute Gasteiger partial charge is 0.376 e. The van der Waals surface area contributed by atoms with E-state index in [1.807, 2.05) is 0 Å². The molecule has 7 atom stereocenters. The van der Waals surface area contributed by atoms with Gasteiger partial charge >= 0.3 is 0 Å². The molecule has 0 aromatic heterocycles. The Hall–Kier alpha value is -0.610. The van der Waals surface area contributed by atoms with Crippen LogP contribution in [0, 0.1) is 23.7 Å². The van der Waals surface area contributed by atoms with E-state index in [1.165, 1.54) is 25.7 Å². The minimum atomic E-state index is 0.0681. The number of ether oxygens (including phenoxy) is 1. The van der Waals surface area contributed by atoms with E-state index in [1.54, 1.807) is 0 Å². The number of hydrogen-bond donors (Lipinski definition) is 2. The summed E-state index contributed by atoms with van der Waals surface area (Å²) < 4.78 is 5.66. The van der Waals surface area contributed by atoms with Gasteiger partial charge in [0, 0.05) is 25.0 Å². The molecule has 3 N–H and O–H groups in total. The van der Waals surface area contributed by atoms with E-state index in [0.29, 0.717) is 18.3 Å². The van der Waals surface area contributed by atoms with Gasteiger partial charge in [0.1, 0.15) is 0 Å². The summed E-state index contributed by atoms with van der Waals surface area (Å²) in [6.07, 6.45) is 7.35. The summed E-state index contributed by atoms with van der Waals surface area (Å²) in [5, 5.41) is 3.13. The van der Waals surface area contributed by atoms with E-state index in [2.05, 4.69) is 5.32 Å². The Bertz CT molecular complexity index is 386. The van der Waals surface area contributed by atoms with Gasteiger partial charge in [0.15, 0.2) is 0 Å². The fraction of sp³-hybridized carbons (Fsp3) is 0.933. The van der Waals surface area contributed by atoms with Crippen molar-refractivity contribution in [1.29, 1.82) is 0 Å². The van der Waals surface area contributed by atoms with E-state index in [4.69, 9.17) is 10.5 Å². The molecule has 1 aliphatic heterocycles. The summed E-state index contributed by atoms with van der Waals surface area (Å²) in [6, 6.07) is 0.176. The summed E-state index contributed by atoms with van der Waals surface area (Å²) in [5.41, 5.74) is 6.13. The number of nitrogens with two attached hydrogens (primary N) is 1. The third kappa shape index (κ3) is 1.91. The van der Waals surface area contributed by atoms with Crippen molar-refractivity contribution >= 4 is 5.91 Å². The molecular formula is C15H24N2O2. The topological polar surface area (TPSA) is 64.3 Å². The third-order valence-corrected chi connectivity index (χ3v) is 6.11. The predicted molar refractivity (Wildman–Crippen MR) is 71.3 cm³/mol. The Kier molecular flexibility index (Phi) is 2.85. The molecule has 3 aliphatic carbocycles. The van der Waals surface area contributed by atoms with E-state index < -0.39 is 0 Å². The molecule has 3 saturated carbocycles. The lowest BCUT2D eigenvalue weighted by Crippen LogP contribution is -2.69. The molecule has 19 heavy (non-hydrogen) atoms. The number of amides is 1. The van der Waals surface area contributed by atoms with Crippen LogP contribution in [0.3, 0.4) is 0 Å². The van der Waals surface area contributed by atoms with Crippen molar-refractivity contribution in [2.75, 3.05) is 6.61 Å². The monoisotopic (exact) mass is 264 g/mol. The van der Waals surface area contributed by atoms with E-state index >= 15 is 0 Å². The highest BCUT2D eigenvalue weighted by Crippen LogP contribution is 2.49. The molecule has 4 aliphatic rings. The summed E-state index contributed by atoms with van der Waals surface area (Å²) >= 11 is 0. The Balaban J connectivity index is 1.30. The van der Waals surface area contributed by atoms with Crippen molar-refractivity contribution in [3.63, 3.8) is 0 Å². The van der Waals surface area contributed by atoms with E-state index in [0.717, 1.165) is 24.9 Å². The Morgan fingerprint density at radius 1 is 1.26 bits per heavy atom. The van der Waals surface area contributed by atoms with Crippen LogP contribution in [-0.2, 0) is 9.53 Å². The van der Waals surface area contributed by atoms with Gasteiger partial charge in [-0.3, -0.25) is 4.79 Å².